The maximum atomic E-state index is 6.02. The van der Waals surface area contributed by atoms with E-state index < -0.39 is 0 Å². The van der Waals surface area contributed by atoms with Gasteiger partial charge in [-0.3, -0.25) is 0 Å². The molecule has 1 aromatic carbocycles. The van der Waals surface area contributed by atoms with Gasteiger partial charge in [-0.15, -0.1) is 0 Å². The summed E-state index contributed by atoms with van der Waals surface area (Å²) >= 11 is 0. The summed E-state index contributed by atoms with van der Waals surface area (Å²) in [5.74, 6) is 0.654. The van der Waals surface area contributed by atoms with Crippen LogP contribution in [0.15, 0.2) is 24.3 Å². The van der Waals surface area contributed by atoms with Crippen molar-refractivity contribution in [1.82, 2.24) is 0 Å². The molecule has 2 rings (SSSR count). The predicted molar refractivity (Wildman–Crippen MR) is 71.2 cm³/mol. The van der Waals surface area contributed by atoms with Crippen molar-refractivity contribution in [3.63, 3.8) is 0 Å². The zero-order valence-corrected chi connectivity index (χ0v) is 10.7. The number of para-hydroxylation sites is 1. The molecule has 94 valence electrons. The molecule has 0 spiro atoms. The fourth-order valence-electron chi connectivity index (χ4n) is 2.58. The lowest BCUT2D eigenvalue weighted by atomic mass is 10.1. The molecule has 0 bridgehead atoms. The summed E-state index contributed by atoms with van der Waals surface area (Å²) in [4.78, 5) is 2.43. The minimum atomic E-state index is 0.0904. The summed E-state index contributed by atoms with van der Waals surface area (Å²) < 4.78 is 5.24. The highest BCUT2D eigenvalue weighted by molar-refractivity contribution is 5.55. The molecule has 1 aromatic rings. The van der Waals surface area contributed by atoms with Gasteiger partial charge < -0.3 is 15.4 Å². The molecule has 1 aliphatic rings. The van der Waals surface area contributed by atoms with E-state index in [4.69, 9.17) is 10.5 Å². The summed E-state index contributed by atoms with van der Waals surface area (Å²) in [6.45, 7) is 5.09. The van der Waals surface area contributed by atoms with Gasteiger partial charge in [0.2, 0.25) is 0 Å². The number of ether oxygens (including phenoxy) is 1. The van der Waals surface area contributed by atoms with Gasteiger partial charge in [-0.25, -0.2) is 0 Å². The second-order valence-electron chi connectivity index (χ2n) is 4.90. The molecule has 1 fully saturated rings. The monoisotopic (exact) mass is 234 g/mol. The second-order valence-corrected chi connectivity index (χ2v) is 4.90. The van der Waals surface area contributed by atoms with Crippen LogP contribution >= 0.6 is 0 Å². The molecule has 17 heavy (non-hydrogen) atoms. The van der Waals surface area contributed by atoms with E-state index in [2.05, 4.69) is 29.2 Å². The van der Waals surface area contributed by atoms with Gasteiger partial charge in [0.15, 0.2) is 0 Å². The third kappa shape index (κ3) is 2.79. The summed E-state index contributed by atoms with van der Waals surface area (Å²) in [7, 11) is 1.78. The zero-order valence-electron chi connectivity index (χ0n) is 10.7. The molecule has 0 aliphatic carbocycles. The molecule has 0 radical (unpaired) electrons. The van der Waals surface area contributed by atoms with Gasteiger partial charge in [-0.2, -0.15) is 0 Å². The number of methoxy groups -OCH3 is 1. The van der Waals surface area contributed by atoms with E-state index in [0.29, 0.717) is 5.92 Å². The predicted octanol–water partition coefficient (Wildman–Crippen LogP) is 2.18. The van der Waals surface area contributed by atoms with Crippen molar-refractivity contribution >= 4 is 5.69 Å². The van der Waals surface area contributed by atoms with Crippen molar-refractivity contribution < 1.29 is 4.74 Å². The number of rotatable bonds is 4. The second kappa shape index (κ2) is 5.52. The highest BCUT2D eigenvalue weighted by Crippen LogP contribution is 2.29. The zero-order chi connectivity index (χ0) is 12.3. The molecule has 3 heteroatoms. The molecule has 1 heterocycles. The minimum absolute atomic E-state index is 0.0904. The smallest absolute Gasteiger partial charge is 0.0508 e. The molecule has 2 N–H and O–H groups in total. The van der Waals surface area contributed by atoms with Crippen molar-refractivity contribution in [2.45, 2.75) is 19.4 Å². The van der Waals surface area contributed by atoms with Gasteiger partial charge in [0.1, 0.15) is 0 Å². The number of hydrogen-bond donors (Lipinski definition) is 1. The molecule has 0 saturated carbocycles. The standard InChI is InChI=1S/C14H22N2O/c1-11(15)13-5-3-4-6-14(13)16-8-7-12(9-16)10-17-2/h3-6,11-12H,7-10,15H2,1-2H3/t11-,12?/m0/s1. The average molecular weight is 234 g/mol. The van der Waals surface area contributed by atoms with Crippen molar-refractivity contribution in [3.05, 3.63) is 29.8 Å². The highest BCUT2D eigenvalue weighted by Gasteiger charge is 2.24. The lowest BCUT2D eigenvalue weighted by molar-refractivity contribution is 0.161. The minimum Gasteiger partial charge on any atom is -0.384 e. The SMILES string of the molecule is COCC1CCN(c2ccccc2[C@H](C)N)C1. The molecule has 1 saturated heterocycles. The number of nitrogens with zero attached hydrogens (tertiary/aromatic N) is 1. The number of benzene rings is 1. The topological polar surface area (TPSA) is 38.5 Å². The van der Waals surface area contributed by atoms with E-state index in [1.807, 2.05) is 6.92 Å². The van der Waals surface area contributed by atoms with Crippen LogP contribution in [0.4, 0.5) is 5.69 Å². The van der Waals surface area contributed by atoms with Crippen LogP contribution in [0.3, 0.4) is 0 Å². The molecule has 0 aromatic heterocycles. The van der Waals surface area contributed by atoms with Gasteiger partial charge in [-0.1, -0.05) is 18.2 Å². The summed E-state index contributed by atoms with van der Waals surface area (Å²) in [6, 6.07) is 8.54. The lowest BCUT2D eigenvalue weighted by Crippen LogP contribution is -2.23. The molecule has 2 atom stereocenters. The normalized spacial score (nSPS) is 21.8. The van der Waals surface area contributed by atoms with Crippen molar-refractivity contribution in [1.29, 1.82) is 0 Å². The van der Waals surface area contributed by atoms with Crippen molar-refractivity contribution in [2.24, 2.45) is 11.7 Å². The van der Waals surface area contributed by atoms with Gasteiger partial charge in [0.25, 0.3) is 0 Å². The lowest BCUT2D eigenvalue weighted by Gasteiger charge is -2.23. The van der Waals surface area contributed by atoms with E-state index in [9.17, 15) is 0 Å². The third-order valence-electron chi connectivity index (χ3n) is 3.46. The first-order valence-electron chi connectivity index (χ1n) is 6.30. The van der Waals surface area contributed by atoms with Crippen LogP contribution in [0.2, 0.25) is 0 Å². The Labute approximate surface area is 104 Å². The van der Waals surface area contributed by atoms with Crippen molar-refractivity contribution in [2.75, 3.05) is 31.7 Å². The van der Waals surface area contributed by atoms with E-state index in [1.165, 1.54) is 17.7 Å². The van der Waals surface area contributed by atoms with Gasteiger partial charge in [0, 0.05) is 37.8 Å². The number of anilines is 1. The molecule has 0 amide bonds. The van der Waals surface area contributed by atoms with E-state index in [0.717, 1.165) is 19.7 Å². The van der Waals surface area contributed by atoms with Crippen LogP contribution in [0.5, 0.6) is 0 Å². The first-order valence-corrected chi connectivity index (χ1v) is 6.30. The molecule has 1 aliphatic heterocycles. The Morgan fingerprint density at radius 1 is 1.47 bits per heavy atom. The van der Waals surface area contributed by atoms with Crippen LogP contribution in [-0.2, 0) is 4.74 Å². The van der Waals surface area contributed by atoms with Crippen LogP contribution in [0.1, 0.15) is 24.9 Å². The maximum absolute atomic E-state index is 6.02. The first kappa shape index (κ1) is 12.4. The Bertz CT molecular complexity index is 365. The van der Waals surface area contributed by atoms with Gasteiger partial charge in [0.05, 0.1) is 6.61 Å². The van der Waals surface area contributed by atoms with Crippen molar-refractivity contribution in [3.8, 4) is 0 Å². The summed E-state index contributed by atoms with van der Waals surface area (Å²) in [6.07, 6.45) is 1.21. The van der Waals surface area contributed by atoms with E-state index >= 15 is 0 Å². The number of hydrogen-bond acceptors (Lipinski definition) is 3. The largest absolute Gasteiger partial charge is 0.384 e. The van der Waals surface area contributed by atoms with Gasteiger partial charge in [-0.05, 0) is 25.0 Å². The number of nitrogens with two attached hydrogens (primary N) is 1. The van der Waals surface area contributed by atoms with Crippen LogP contribution in [0, 0.1) is 5.92 Å². The Balaban J connectivity index is 2.13. The Kier molecular flexibility index (Phi) is 4.02. The maximum Gasteiger partial charge on any atom is 0.0508 e. The van der Waals surface area contributed by atoms with Crippen LogP contribution < -0.4 is 10.6 Å². The van der Waals surface area contributed by atoms with Crippen LogP contribution in [0.25, 0.3) is 0 Å². The Hall–Kier alpha value is -1.06. The van der Waals surface area contributed by atoms with Crippen LogP contribution in [-0.4, -0.2) is 26.8 Å². The molecule has 1 unspecified atom stereocenters. The first-order chi connectivity index (χ1) is 8.22. The molecule has 3 nitrogen and oxygen atoms in total. The van der Waals surface area contributed by atoms with Gasteiger partial charge >= 0.3 is 0 Å². The highest BCUT2D eigenvalue weighted by atomic mass is 16.5. The third-order valence-corrected chi connectivity index (χ3v) is 3.46. The Morgan fingerprint density at radius 3 is 2.94 bits per heavy atom. The van der Waals surface area contributed by atoms with E-state index in [1.54, 1.807) is 7.11 Å². The fourth-order valence-corrected chi connectivity index (χ4v) is 2.58. The Morgan fingerprint density at radius 2 is 2.24 bits per heavy atom. The molecular weight excluding hydrogens is 212 g/mol. The fraction of sp³-hybridized carbons (Fsp3) is 0.571. The summed E-state index contributed by atoms with van der Waals surface area (Å²) in [5, 5.41) is 0. The quantitative estimate of drug-likeness (QED) is 0.868. The molecular formula is C14H22N2O. The van der Waals surface area contributed by atoms with E-state index in [-0.39, 0.29) is 6.04 Å². The average Bonchev–Trinajstić information content (AvgIpc) is 2.78. The summed E-state index contributed by atoms with van der Waals surface area (Å²) in [5.41, 5.74) is 8.56.